The van der Waals surface area contributed by atoms with Crippen LogP contribution in [0.4, 0.5) is 11.4 Å². The molecular formula is C36H24N2Se. The molecule has 0 radical (unpaired) electrons. The SMILES string of the molecule is C=Cc1c(Nc2ccccc2)ccc2cc3c(cc12)c1ccccc1n3-c1cccc2c1[se]c1ccccc12. The molecule has 184 valence electrons. The van der Waals surface area contributed by atoms with Crippen LogP contribution in [0.5, 0.6) is 0 Å². The van der Waals surface area contributed by atoms with E-state index in [1.54, 1.807) is 0 Å². The molecule has 0 bridgehead atoms. The van der Waals surface area contributed by atoms with E-state index in [0.717, 1.165) is 16.9 Å². The van der Waals surface area contributed by atoms with E-state index in [-0.39, 0.29) is 14.5 Å². The van der Waals surface area contributed by atoms with Crippen molar-refractivity contribution in [3.05, 3.63) is 133 Å². The van der Waals surface area contributed by atoms with Gasteiger partial charge >= 0.3 is 215 Å². The van der Waals surface area contributed by atoms with Crippen molar-refractivity contribution < 1.29 is 0 Å². The Morgan fingerprint density at radius 2 is 1.38 bits per heavy atom. The summed E-state index contributed by atoms with van der Waals surface area (Å²) in [5, 5.41) is 11.3. The molecule has 8 aromatic rings. The summed E-state index contributed by atoms with van der Waals surface area (Å²) in [5.41, 5.74) is 7.02. The van der Waals surface area contributed by atoms with Crippen molar-refractivity contribution >= 4 is 83.8 Å². The van der Waals surface area contributed by atoms with Crippen LogP contribution in [0.25, 0.3) is 63.6 Å². The molecule has 0 aliphatic rings. The summed E-state index contributed by atoms with van der Waals surface area (Å²) < 4.78 is 5.41. The van der Waals surface area contributed by atoms with Crippen LogP contribution in [0, 0.1) is 0 Å². The standard InChI is InChI=1S/C36H24N2Se/c1-2-25-29-22-30-26-13-6-8-16-32(26)38(33-17-10-15-28-27-14-7-9-18-35(27)39-36(28)33)34(30)21-23(29)19-20-31(25)37-24-11-4-3-5-12-24/h2-22,37H,1H2. The zero-order chi connectivity index (χ0) is 25.9. The van der Waals surface area contributed by atoms with Crippen molar-refractivity contribution in [3.63, 3.8) is 0 Å². The fraction of sp³-hybridized carbons (Fsp3) is 0. The molecule has 0 unspecified atom stereocenters. The Hall–Kier alpha value is -4.56. The van der Waals surface area contributed by atoms with E-state index < -0.39 is 0 Å². The van der Waals surface area contributed by atoms with E-state index in [1.807, 2.05) is 12.1 Å². The number of para-hydroxylation sites is 2. The molecule has 0 saturated carbocycles. The van der Waals surface area contributed by atoms with Crippen LogP contribution in [0.1, 0.15) is 5.56 Å². The van der Waals surface area contributed by atoms with Gasteiger partial charge in [0, 0.05) is 0 Å². The number of anilines is 2. The van der Waals surface area contributed by atoms with Crippen molar-refractivity contribution in [2.45, 2.75) is 0 Å². The Morgan fingerprint density at radius 3 is 2.26 bits per heavy atom. The number of rotatable bonds is 4. The second-order valence-electron chi connectivity index (χ2n) is 9.92. The van der Waals surface area contributed by atoms with Gasteiger partial charge in [0.1, 0.15) is 0 Å². The van der Waals surface area contributed by atoms with E-state index in [2.05, 4.69) is 132 Å². The summed E-state index contributed by atoms with van der Waals surface area (Å²) in [7, 11) is 0. The summed E-state index contributed by atoms with van der Waals surface area (Å²) >= 11 is 0.269. The number of fused-ring (bicyclic) bond motifs is 7. The molecule has 0 amide bonds. The van der Waals surface area contributed by atoms with Gasteiger partial charge in [0.2, 0.25) is 0 Å². The van der Waals surface area contributed by atoms with Crippen LogP contribution >= 0.6 is 0 Å². The summed E-state index contributed by atoms with van der Waals surface area (Å²) in [5.74, 6) is 0. The van der Waals surface area contributed by atoms with E-state index >= 15 is 0 Å². The number of benzene rings is 6. The molecule has 3 heteroatoms. The van der Waals surface area contributed by atoms with Gasteiger partial charge in [-0.1, -0.05) is 18.2 Å². The molecule has 39 heavy (non-hydrogen) atoms. The van der Waals surface area contributed by atoms with Gasteiger partial charge in [-0.2, -0.15) is 0 Å². The molecule has 2 nitrogen and oxygen atoms in total. The second kappa shape index (κ2) is 8.74. The molecule has 1 N–H and O–H groups in total. The van der Waals surface area contributed by atoms with E-state index in [1.165, 1.54) is 57.6 Å². The van der Waals surface area contributed by atoms with Gasteiger partial charge in [0.15, 0.2) is 0 Å². The molecule has 0 aliphatic carbocycles. The minimum atomic E-state index is 0.269. The Kier molecular flexibility index (Phi) is 5.03. The fourth-order valence-corrected chi connectivity index (χ4v) is 8.52. The molecule has 2 heterocycles. The Bertz CT molecular complexity index is 2220. The molecule has 0 aliphatic heterocycles. The summed E-state index contributed by atoms with van der Waals surface area (Å²) in [6.07, 6.45) is 1.97. The third-order valence-electron chi connectivity index (χ3n) is 7.74. The average molecular weight is 564 g/mol. The number of nitrogens with one attached hydrogen (secondary N) is 1. The zero-order valence-electron chi connectivity index (χ0n) is 21.2. The predicted molar refractivity (Wildman–Crippen MR) is 170 cm³/mol. The second-order valence-corrected chi connectivity index (χ2v) is 12.1. The summed E-state index contributed by atoms with van der Waals surface area (Å²) in [4.78, 5) is 0. The van der Waals surface area contributed by atoms with Crippen molar-refractivity contribution in [2.75, 3.05) is 5.32 Å². The van der Waals surface area contributed by atoms with E-state index in [0.29, 0.717) is 0 Å². The predicted octanol–water partition coefficient (Wildman–Crippen LogP) is 9.69. The molecule has 6 aromatic carbocycles. The van der Waals surface area contributed by atoms with Crippen molar-refractivity contribution in [2.24, 2.45) is 0 Å². The molecule has 0 saturated heterocycles. The van der Waals surface area contributed by atoms with Crippen molar-refractivity contribution in [1.82, 2.24) is 4.57 Å². The first-order valence-electron chi connectivity index (χ1n) is 13.2. The van der Waals surface area contributed by atoms with Crippen LogP contribution in [0.2, 0.25) is 0 Å². The number of nitrogens with zero attached hydrogens (tertiary/aromatic N) is 1. The van der Waals surface area contributed by atoms with Gasteiger partial charge in [0.25, 0.3) is 0 Å². The third kappa shape index (κ3) is 3.41. The molecule has 0 spiro atoms. The zero-order valence-corrected chi connectivity index (χ0v) is 22.9. The minimum absolute atomic E-state index is 0.269. The quantitative estimate of drug-likeness (QED) is 0.211. The van der Waals surface area contributed by atoms with Crippen LogP contribution in [-0.4, -0.2) is 19.1 Å². The van der Waals surface area contributed by atoms with Crippen LogP contribution in [0.3, 0.4) is 0 Å². The number of aromatic nitrogens is 1. The van der Waals surface area contributed by atoms with E-state index in [9.17, 15) is 0 Å². The number of hydrogen-bond donors (Lipinski definition) is 1. The maximum absolute atomic E-state index is 4.19. The summed E-state index contributed by atoms with van der Waals surface area (Å²) in [6.45, 7) is 4.19. The van der Waals surface area contributed by atoms with Crippen LogP contribution in [-0.2, 0) is 0 Å². The fourth-order valence-electron chi connectivity index (χ4n) is 5.98. The maximum atomic E-state index is 4.19. The first-order chi connectivity index (χ1) is 19.3. The summed E-state index contributed by atoms with van der Waals surface area (Å²) in [6, 6.07) is 43.9. The number of hydrogen-bond acceptors (Lipinski definition) is 1. The molecule has 0 atom stereocenters. The van der Waals surface area contributed by atoms with Crippen LogP contribution < -0.4 is 5.32 Å². The Morgan fingerprint density at radius 1 is 0.615 bits per heavy atom. The van der Waals surface area contributed by atoms with Crippen LogP contribution in [0.15, 0.2) is 128 Å². The molecule has 0 fully saturated rings. The Labute approximate surface area is 232 Å². The molecular weight excluding hydrogens is 539 g/mol. The first-order valence-corrected chi connectivity index (χ1v) is 14.9. The topological polar surface area (TPSA) is 17.0 Å². The monoisotopic (exact) mass is 564 g/mol. The normalized spacial score (nSPS) is 11.7. The van der Waals surface area contributed by atoms with Gasteiger partial charge in [-0.05, 0) is 0 Å². The average Bonchev–Trinajstić information content (AvgIpc) is 3.52. The molecule has 2 aromatic heterocycles. The Balaban J connectivity index is 1.43. The van der Waals surface area contributed by atoms with Crippen molar-refractivity contribution in [1.29, 1.82) is 0 Å². The molecule has 8 rings (SSSR count). The van der Waals surface area contributed by atoms with E-state index in [4.69, 9.17) is 0 Å². The van der Waals surface area contributed by atoms with Gasteiger partial charge in [-0.25, -0.2) is 0 Å². The van der Waals surface area contributed by atoms with Gasteiger partial charge in [-0.15, -0.1) is 0 Å². The van der Waals surface area contributed by atoms with Gasteiger partial charge < -0.3 is 0 Å². The third-order valence-corrected chi connectivity index (χ3v) is 10.3. The van der Waals surface area contributed by atoms with Gasteiger partial charge in [0.05, 0.1) is 0 Å². The van der Waals surface area contributed by atoms with Crippen molar-refractivity contribution in [3.8, 4) is 5.69 Å². The first kappa shape index (κ1) is 22.4. The van der Waals surface area contributed by atoms with Gasteiger partial charge in [-0.3, -0.25) is 0 Å².